The molecule has 0 radical (unpaired) electrons. The molecule has 0 fully saturated rings. The molecule has 0 saturated heterocycles. The van der Waals surface area contributed by atoms with Gasteiger partial charge in [0.25, 0.3) is 0 Å². The highest BCUT2D eigenvalue weighted by Gasteiger charge is 2.06. The predicted octanol–water partition coefficient (Wildman–Crippen LogP) is 3.65. The van der Waals surface area contributed by atoms with Crippen molar-refractivity contribution in [2.75, 3.05) is 0 Å². The maximum atomic E-state index is 13.5. The van der Waals surface area contributed by atoms with Crippen molar-refractivity contribution in [3.63, 3.8) is 0 Å². The predicted molar refractivity (Wildman–Crippen MR) is 73.2 cm³/mol. The second kappa shape index (κ2) is 5.36. The fourth-order valence-corrected chi connectivity index (χ4v) is 1.93. The molecule has 0 spiro atoms. The highest BCUT2D eigenvalue weighted by Crippen LogP contribution is 2.21. The molecule has 2 aromatic carbocycles. The minimum absolute atomic E-state index is 0.0469. The normalized spacial score (nSPS) is 10.8. The van der Waals surface area contributed by atoms with Crippen molar-refractivity contribution in [2.24, 2.45) is 0 Å². The number of ether oxygens (including phenoxy) is 1. The number of rotatable bonds is 3. The Labute approximate surface area is 118 Å². The molecule has 0 atom stereocenters. The van der Waals surface area contributed by atoms with Crippen LogP contribution in [0.25, 0.3) is 11.0 Å². The highest BCUT2D eigenvalue weighted by molar-refractivity contribution is 5.77. The van der Waals surface area contributed by atoms with E-state index in [-0.39, 0.29) is 12.2 Å². The lowest BCUT2D eigenvalue weighted by atomic mass is 10.2. The Bertz CT molecular complexity index is 856. The van der Waals surface area contributed by atoms with Crippen LogP contribution in [0.15, 0.2) is 57.7 Å². The molecular formula is C16H10F2O3. The van der Waals surface area contributed by atoms with E-state index in [1.165, 1.54) is 18.2 Å². The van der Waals surface area contributed by atoms with Gasteiger partial charge in [0, 0.05) is 29.1 Å². The third-order valence-electron chi connectivity index (χ3n) is 3.00. The molecule has 0 aliphatic carbocycles. The molecule has 106 valence electrons. The van der Waals surface area contributed by atoms with Crippen LogP contribution >= 0.6 is 0 Å². The van der Waals surface area contributed by atoms with E-state index in [9.17, 15) is 13.6 Å². The number of halogens is 2. The fraction of sp³-hybridized carbons (Fsp3) is 0.0625. The van der Waals surface area contributed by atoms with E-state index in [2.05, 4.69) is 0 Å². The molecule has 3 nitrogen and oxygen atoms in total. The van der Waals surface area contributed by atoms with Gasteiger partial charge in [-0.25, -0.2) is 13.6 Å². The van der Waals surface area contributed by atoms with Crippen LogP contribution in [0.1, 0.15) is 5.56 Å². The Kier molecular flexibility index (Phi) is 3.39. The van der Waals surface area contributed by atoms with Gasteiger partial charge in [0.05, 0.1) is 0 Å². The van der Waals surface area contributed by atoms with Crippen molar-refractivity contribution < 1.29 is 17.9 Å². The van der Waals surface area contributed by atoms with Crippen molar-refractivity contribution in [1.29, 1.82) is 0 Å². The molecule has 21 heavy (non-hydrogen) atoms. The van der Waals surface area contributed by atoms with Crippen molar-refractivity contribution in [1.82, 2.24) is 0 Å². The first-order chi connectivity index (χ1) is 10.1. The smallest absolute Gasteiger partial charge is 0.336 e. The van der Waals surface area contributed by atoms with Crippen LogP contribution < -0.4 is 10.4 Å². The average molecular weight is 288 g/mol. The van der Waals surface area contributed by atoms with Gasteiger partial charge in [-0.2, -0.15) is 0 Å². The van der Waals surface area contributed by atoms with Crippen LogP contribution in [0.4, 0.5) is 8.78 Å². The molecule has 3 aromatic rings. The summed E-state index contributed by atoms with van der Waals surface area (Å²) in [5.74, 6) is -0.869. The zero-order valence-corrected chi connectivity index (χ0v) is 10.8. The first-order valence-corrected chi connectivity index (χ1v) is 6.22. The second-order valence-corrected chi connectivity index (χ2v) is 4.48. The third-order valence-corrected chi connectivity index (χ3v) is 3.00. The zero-order valence-electron chi connectivity index (χ0n) is 10.8. The van der Waals surface area contributed by atoms with Gasteiger partial charge in [-0.3, -0.25) is 0 Å². The Morgan fingerprint density at radius 2 is 1.81 bits per heavy atom. The third kappa shape index (κ3) is 2.91. The van der Waals surface area contributed by atoms with Gasteiger partial charge in [0.2, 0.25) is 0 Å². The summed E-state index contributed by atoms with van der Waals surface area (Å²) >= 11 is 0. The van der Waals surface area contributed by atoms with E-state index >= 15 is 0 Å². The van der Waals surface area contributed by atoms with E-state index in [1.807, 2.05) is 0 Å². The van der Waals surface area contributed by atoms with Gasteiger partial charge in [-0.15, -0.1) is 0 Å². The monoisotopic (exact) mass is 288 g/mol. The lowest BCUT2D eigenvalue weighted by molar-refractivity contribution is 0.299. The van der Waals surface area contributed by atoms with Crippen LogP contribution in [0.5, 0.6) is 5.75 Å². The van der Waals surface area contributed by atoms with Crippen molar-refractivity contribution in [3.8, 4) is 5.75 Å². The quantitative estimate of drug-likeness (QED) is 0.691. The number of benzene rings is 2. The van der Waals surface area contributed by atoms with E-state index < -0.39 is 17.3 Å². The molecular weight excluding hydrogens is 278 g/mol. The van der Waals surface area contributed by atoms with Crippen LogP contribution in [-0.2, 0) is 6.61 Å². The van der Waals surface area contributed by atoms with Gasteiger partial charge < -0.3 is 9.15 Å². The molecule has 0 saturated carbocycles. The summed E-state index contributed by atoms with van der Waals surface area (Å²) < 4.78 is 36.8. The van der Waals surface area contributed by atoms with Gasteiger partial charge >= 0.3 is 5.63 Å². The van der Waals surface area contributed by atoms with Crippen molar-refractivity contribution >= 4 is 11.0 Å². The Hall–Kier alpha value is -2.69. The summed E-state index contributed by atoms with van der Waals surface area (Å²) in [5, 5.41) is 0.759. The lowest BCUT2D eigenvalue weighted by Crippen LogP contribution is -1.99. The number of hydrogen-bond acceptors (Lipinski definition) is 3. The molecule has 1 aromatic heterocycles. The van der Waals surface area contributed by atoms with Crippen LogP contribution in [0.2, 0.25) is 0 Å². The Morgan fingerprint density at radius 1 is 1.00 bits per heavy atom. The van der Waals surface area contributed by atoms with Gasteiger partial charge in [0.15, 0.2) is 0 Å². The van der Waals surface area contributed by atoms with Crippen LogP contribution in [0.3, 0.4) is 0 Å². The Balaban J connectivity index is 1.83. The zero-order chi connectivity index (χ0) is 14.8. The number of fused-ring (bicyclic) bond motifs is 1. The van der Waals surface area contributed by atoms with Gasteiger partial charge in [0.1, 0.15) is 29.6 Å². The molecule has 5 heteroatoms. The molecule has 0 amide bonds. The Morgan fingerprint density at radius 3 is 2.62 bits per heavy atom. The van der Waals surface area contributed by atoms with Crippen LogP contribution in [0, 0.1) is 11.6 Å². The average Bonchev–Trinajstić information content (AvgIpc) is 2.46. The SMILES string of the molecule is O=c1ccc2ccc(OCc3ccc(F)cc3F)cc2o1. The summed E-state index contributed by atoms with van der Waals surface area (Å²) in [6.07, 6.45) is 0. The molecule has 1 heterocycles. The van der Waals surface area contributed by atoms with E-state index in [0.717, 1.165) is 11.5 Å². The standard InChI is InChI=1S/C16H10F2O3/c17-12-4-1-11(14(18)7-12)9-20-13-5-2-10-3-6-16(19)21-15(10)8-13/h1-8H,9H2. The first-order valence-electron chi connectivity index (χ1n) is 6.22. The van der Waals surface area contributed by atoms with Gasteiger partial charge in [-0.05, 0) is 30.3 Å². The molecule has 0 unspecified atom stereocenters. The maximum Gasteiger partial charge on any atom is 0.336 e. The summed E-state index contributed by atoms with van der Waals surface area (Å²) in [7, 11) is 0. The summed E-state index contributed by atoms with van der Waals surface area (Å²) in [6, 6.07) is 11.2. The minimum atomic E-state index is -0.665. The molecule has 0 aliphatic heterocycles. The topological polar surface area (TPSA) is 39.4 Å². The largest absolute Gasteiger partial charge is 0.489 e. The molecule has 0 bridgehead atoms. The maximum absolute atomic E-state index is 13.5. The fourth-order valence-electron chi connectivity index (χ4n) is 1.93. The van der Waals surface area contributed by atoms with Crippen molar-refractivity contribution in [2.45, 2.75) is 6.61 Å². The minimum Gasteiger partial charge on any atom is -0.489 e. The first kappa shape index (κ1) is 13.3. The number of hydrogen-bond donors (Lipinski definition) is 0. The summed E-state index contributed by atoms with van der Waals surface area (Å²) in [4.78, 5) is 11.2. The van der Waals surface area contributed by atoms with Crippen LogP contribution in [-0.4, -0.2) is 0 Å². The van der Waals surface area contributed by atoms with E-state index in [0.29, 0.717) is 11.3 Å². The second-order valence-electron chi connectivity index (χ2n) is 4.48. The summed E-state index contributed by atoms with van der Waals surface area (Å²) in [5.41, 5.74) is 0.176. The molecule has 3 rings (SSSR count). The van der Waals surface area contributed by atoms with Crippen molar-refractivity contribution in [3.05, 3.63) is 76.1 Å². The molecule has 0 N–H and O–H groups in total. The highest BCUT2D eigenvalue weighted by atomic mass is 19.1. The summed E-state index contributed by atoms with van der Waals surface area (Å²) in [6.45, 7) is -0.0469. The van der Waals surface area contributed by atoms with E-state index in [1.54, 1.807) is 24.3 Å². The van der Waals surface area contributed by atoms with E-state index in [4.69, 9.17) is 9.15 Å². The van der Waals surface area contributed by atoms with Gasteiger partial charge in [-0.1, -0.05) is 0 Å². The lowest BCUT2D eigenvalue weighted by Gasteiger charge is -2.07. The molecule has 0 aliphatic rings.